The maximum Gasteiger partial charge on any atom is 0.262 e. The van der Waals surface area contributed by atoms with Crippen molar-refractivity contribution in [1.82, 2.24) is 14.5 Å². The fraction of sp³-hybridized carbons (Fsp3) is 0.350. The zero-order valence-corrected chi connectivity index (χ0v) is 15.8. The first kappa shape index (κ1) is 17.0. The Bertz CT molecular complexity index is 1020. The smallest absolute Gasteiger partial charge is 0.262 e. The van der Waals surface area contributed by atoms with Gasteiger partial charge in [-0.25, -0.2) is 4.98 Å². The molecule has 0 saturated carbocycles. The van der Waals surface area contributed by atoms with E-state index in [1.54, 1.807) is 10.9 Å². The van der Waals surface area contributed by atoms with Crippen molar-refractivity contribution >= 4 is 27.5 Å². The molecule has 0 spiro atoms. The molecule has 0 radical (unpaired) electrons. The number of amides is 1. The SMILES string of the molecule is CC(C)Cn1cnc2sc3c(c2c1=O)CCN(C(=O)c1ccccc1)C3. The highest BCUT2D eigenvalue weighted by atomic mass is 32.1. The van der Waals surface area contributed by atoms with Crippen LogP contribution in [0.5, 0.6) is 0 Å². The van der Waals surface area contributed by atoms with Gasteiger partial charge in [-0.15, -0.1) is 11.3 Å². The van der Waals surface area contributed by atoms with Crippen LogP contribution in [0.3, 0.4) is 0 Å². The molecule has 0 fully saturated rings. The minimum absolute atomic E-state index is 0.0406. The quantitative estimate of drug-likeness (QED) is 0.714. The van der Waals surface area contributed by atoms with Crippen LogP contribution in [-0.2, 0) is 19.5 Å². The maximum absolute atomic E-state index is 12.9. The maximum atomic E-state index is 12.9. The fourth-order valence-electron chi connectivity index (χ4n) is 3.48. The van der Waals surface area contributed by atoms with E-state index in [1.807, 2.05) is 35.2 Å². The van der Waals surface area contributed by atoms with E-state index in [0.717, 1.165) is 20.7 Å². The molecular formula is C20H21N3O2S. The lowest BCUT2D eigenvalue weighted by atomic mass is 10.0. The molecule has 1 aliphatic rings. The van der Waals surface area contributed by atoms with E-state index in [4.69, 9.17) is 0 Å². The number of hydrogen-bond acceptors (Lipinski definition) is 4. The van der Waals surface area contributed by atoms with Crippen LogP contribution < -0.4 is 5.56 Å². The van der Waals surface area contributed by atoms with Crippen molar-refractivity contribution in [3.8, 4) is 0 Å². The summed E-state index contributed by atoms with van der Waals surface area (Å²) in [7, 11) is 0. The van der Waals surface area contributed by atoms with Gasteiger partial charge in [0.2, 0.25) is 0 Å². The van der Waals surface area contributed by atoms with Crippen molar-refractivity contribution in [2.75, 3.05) is 6.54 Å². The van der Waals surface area contributed by atoms with Gasteiger partial charge in [0.05, 0.1) is 18.3 Å². The minimum Gasteiger partial charge on any atom is -0.333 e. The van der Waals surface area contributed by atoms with Gasteiger partial charge in [-0.2, -0.15) is 0 Å². The number of hydrogen-bond donors (Lipinski definition) is 0. The Labute approximate surface area is 155 Å². The summed E-state index contributed by atoms with van der Waals surface area (Å²) < 4.78 is 1.71. The summed E-state index contributed by atoms with van der Waals surface area (Å²) >= 11 is 1.54. The Morgan fingerprint density at radius 3 is 2.77 bits per heavy atom. The number of carbonyl (C=O) groups excluding carboxylic acids is 1. The van der Waals surface area contributed by atoms with E-state index < -0.39 is 0 Å². The molecule has 134 valence electrons. The van der Waals surface area contributed by atoms with Gasteiger partial charge >= 0.3 is 0 Å². The fourth-order valence-corrected chi connectivity index (χ4v) is 4.67. The third-order valence-corrected chi connectivity index (χ3v) is 5.82. The van der Waals surface area contributed by atoms with Crippen molar-refractivity contribution in [2.45, 2.75) is 33.4 Å². The highest BCUT2D eigenvalue weighted by Gasteiger charge is 2.26. The van der Waals surface area contributed by atoms with Crippen molar-refractivity contribution in [1.29, 1.82) is 0 Å². The Kier molecular flexibility index (Phi) is 4.36. The average molecular weight is 367 g/mol. The second-order valence-corrected chi connectivity index (χ2v) is 8.21. The molecule has 3 aromatic rings. The number of thiophene rings is 1. The van der Waals surface area contributed by atoms with E-state index in [-0.39, 0.29) is 11.5 Å². The van der Waals surface area contributed by atoms with Crippen LogP contribution in [0, 0.1) is 5.92 Å². The second-order valence-electron chi connectivity index (χ2n) is 7.12. The van der Waals surface area contributed by atoms with Crippen LogP contribution in [0.2, 0.25) is 0 Å². The Hall–Kier alpha value is -2.47. The molecule has 2 aromatic heterocycles. The molecule has 0 saturated heterocycles. The standard InChI is InChI=1S/C20H21N3O2S/c1-13(2)10-23-12-21-18-17(20(23)25)15-8-9-22(11-16(15)26-18)19(24)14-6-4-3-5-7-14/h3-7,12-13H,8-11H2,1-2H3. The van der Waals surface area contributed by atoms with E-state index in [9.17, 15) is 9.59 Å². The van der Waals surface area contributed by atoms with Crippen LogP contribution in [-0.4, -0.2) is 26.9 Å². The lowest BCUT2D eigenvalue weighted by Crippen LogP contribution is -2.35. The molecular weight excluding hydrogens is 346 g/mol. The molecule has 4 rings (SSSR count). The number of fused-ring (bicyclic) bond motifs is 3. The van der Waals surface area contributed by atoms with E-state index in [2.05, 4.69) is 18.8 Å². The highest BCUT2D eigenvalue weighted by molar-refractivity contribution is 7.18. The topological polar surface area (TPSA) is 55.2 Å². The highest BCUT2D eigenvalue weighted by Crippen LogP contribution is 2.32. The third-order valence-electron chi connectivity index (χ3n) is 4.70. The molecule has 3 heterocycles. The normalized spacial score (nSPS) is 14.0. The summed E-state index contributed by atoms with van der Waals surface area (Å²) in [6.07, 6.45) is 2.36. The van der Waals surface area contributed by atoms with E-state index >= 15 is 0 Å². The van der Waals surface area contributed by atoms with Gasteiger partial charge in [-0.05, 0) is 30.0 Å². The lowest BCUT2D eigenvalue weighted by Gasteiger charge is -2.27. The van der Waals surface area contributed by atoms with Crippen molar-refractivity contribution in [2.24, 2.45) is 5.92 Å². The third kappa shape index (κ3) is 2.94. The van der Waals surface area contributed by atoms with Crippen molar-refractivity contribution in [3.63, 3.8) is 0 Å². The molecule has 1 amide bonds. The number of rotatable bonds is 3. The summed E-state index contributed by atoms with van der Waals surface area (Å²) in [5, 5.41) is 0.750. The Morgan fingerprint density at radius 2 is 2.04 bits per heavy atom. The van der Waals surface area contributed by atoms with Gasteiger partial charge in [0, 0.05) is 23.5 Å². The number of benzene rings is 1. The average Bonchev–Trinajstić information content (AvgIpc) is 3.02. The Balaban J connectivity index is 1.68. The summed E-state index contributed by atoms with van der Waals surface area (Å²) in [5.74, 6) is 0.430. The van der Waals surface area contributed by atoms with Crippen LogP contribution in [0.1, 0.15) is 34.6 Å². The van der Waals surface area contributed by atoms with Gasteiger partial charge < -0.3 is 4.90 Å². The first-order valence-corrected chi connectivity index (χ1v) is 9.70. The monoisotopic (exact) mass is 367 g/mol. The number of nitrogens with zero attached hydrogens (tertiary/aromatic N) is 3. The van der Waals surface area contributed by atoms with E-state index in [0.29, 0.717) is 37.5 Å². The van der Waals surface area contributed by atoms with Gasteiger partial charge in [0.25, 0.3) is 11.5 Å². The predicted molar refractivity (Wildman–Crippen MR) is 104 cm³/mol. The molecule has 0 N–H and O–H groups in total. The van der Waals surface area contributed by atoms with Crippen LogP contribution in [0.25, 0.3) is 10.2 Å². The zero-order valence-electron chi connectivity index (χ0n) is 14.9. The lowest BCUT2D eigenvalue weighted by molar-refractivity contribution is 0.0737. The summed E-state index contributed by atoms with van der Waals surface area (Å²) in [5.41, 5.74) is 1.83. The molecule has 0 bridgehead atoms. The summed E-state index contributed by atoms with van der Waals surface area (Å²) in [6.45, 7) is 6.03. The largest absolute Gasteiger partial charge is 0.333 e. The number of carbonyl (C=O) groups is 1. The zero-order chi connectivity index (χ0) is 18.3. The summed E-state index contributed by atoms with van der Waals surface area (Å²) in [4.78, 5) is 33.8. The predicted octanol–water partition coefficient (Wildman–Crippen LogP) is 3.31. The molecule has 0 unspecified atom stereocenters. The molecule has 1 aliphatic heterocycles. The van der Waals surface area contributed by atoms with Gasteiger partial charge in [0.1, 0.15) is 4.83 Å². The van der Waals surface area contributed by atoms with Crippen LogP contribution >= 0.6 is 11.3 Å². The first-order valence-electron chi connectivity index (χ1n) is 8.88. The van der Waals surface area contributed by atoms with Crippen LogP contribution in [0.15, 0.2) is 41.5 Å². The molecule has 26 heavy (non-hydrogen) atoms. The van der Waals surface area contributed by atoms with Crippen LogP contribution in [0.4, 0.5) is 0 Å². The van der Waals surface area contributed by atoms with Gasteiger partial charge in [-0.1, -0.05) is 32.0 Å². The molecule has 0 aliphatic carbocycles. The molecule has 0 atom stereocenters. The molecule has 6 heteroatoms. The minimum atomic E-state index is 0.0406. The van der Waals surface area contributed by atoms with E-state index in [1.165, 1.54) is 11.3 Å². The van der Waals surface area contributed by atoms with Gasteiger partial charge in [-0.3, -0.25) is 14.2 Å². The Morgan fingerprint density at radius 1 is 1.27 bits per heavy atom. The first-order chi connectivity index (χ1) is 12.5. The molecule has 1 aromatic carbocycles. The van der Waals surface area contributed by atoms with Crippen molar-refractivity contribution in [3.05, 3.63) is 63.0 Å². The second kappa shape index (κ2) is 6.68. The molecule has 5 nitrogen and oxygen atoms in total. The summed E-state index contributed by atoms with van der Waals surface area (Å²) in [6, 6.07) is 9.35. The van der Waals surface area contributed by atoms with Gasteiger partial charge in [0.15, 0.2) is 0 Å². The number of aromatic nitrogens is 2. The van der Waals surface area contributed by atoms with Crippen molar-refractivity contribution < 1.29 is 4.79 Å².